The molecule has 0 N–H and O–H groups in total. The van der Waals surface area contributed by atoms with Crippen molar-refractivity contribution >= 4 is 11.0 Å². The first kappa shape index (κ1) is 14.7. The van der Waals surface area contributed by atoms with Crippen molar-refractivity contribution in [3.63, 3.8) is 0 Å². The maximum atomic E-state index is 12.7. The Bertz CT molecular complexity index is 947. The van der Waals surface area contributed by atoms with Crippen molar-refractivity contribution in [1.82, 2.24) is 0 Å². The Kier molecular flexibility index (Phi) is 4.03. The second kappa shape index (κ2) is 6.29. The van der Waals surface area contributed by atoms with E-state index in [4.69, 9.17) is 20.3 Å². The minimum Gasteiger partial charge on any atom is -0.497 e. The number of ether oxygens (including phenoxy) is 2. The van der Waals surface area contributed by atoms with Crippen LogP contribution in [0.1, 0.15) is 0 Å². The van der Waals surface area contributed by atoms with Gasteiger partial charge in [-0.2, -0.15) is 0 Å². The highest BCUT2D eigenvalue weighted by atomic mass is 16.5. The molecule has 1 aromatic heterocycles. The van der Waals surface area contributed by atoms with Gasteiger partial charge in [0.05, 0.1) is 12.5 Å². The van der Waals surface area contributed by atoms with E-state index in [-0.39, 0.29) is 17.8 Å². The zero-order valence-corrected chi connectivity index (χ0v) is 12.5. The number of fused-ring (bicyclic) bond motifs is 1. The van der Waals surface area contributed by atoms with Gasteiger partial charge in [0.15, 0.2) is 5.76 Å². The van der Waals surface area contributed by atoms with Crippen molar-refractivity contribution in [3.8, 4) is 35.2 Å². The molecule has 0 aliphatic heterocycles. The third-order valence-electron chi connectivity index (χ3n) is 3.39. The maximum Gasteiger partial charge on any atom is 0.235 e. The molecule has 0 saturated carbocycles. The highest BCUT2D eigenvalue weighted by Crippen LogP contribution is 2.32. The van der Waals surface area contributed by atoms with Gasteiger partial charge in [0.1, 0.15) is 17.9 Å². The summed E-state index contributed by atoms with van der Waals surface area (Å²) in [5.74, 6) is 3.46. The molecule has 0 amide bonds. The van der Waals surface area contributed by atoms with Crippen LogP contribution >= 0.6 is 0 Å². The monoisotopic (exact) mass is 306 g/mol. The lowest BCUT2D eigenvalue weighted by Crippen LogP contribution is -2.10. The molecule has 0 unspecified atom stereocenters. The summed E-state index contributed by atoms with van der Waals surface area (Å²) in [6.45, 7) is -0.0138. The number of para-hydroxylation sites is 1. The Morgan fingerprint density at radius 1 is 1.17 bits per heavy atom. The molecule has 0 bridgehead atoms. The Morgan fingerprint density at radius 3 is 2.78 bits per heavy atom. The van der Waals surface area contributed by atoms with E-state index in [1.807, 2.05) is 24.3 Å². The first-order chi connectivity index (χ1) is 11.2. The van der Waals surface area contributed by atoms with Crippen molar-refractivity contribution < 1.29 is 13.9 Å². The average Bonchev–Trinajstić information content (AvgIpc) is 2.61. The number of benzene rings is 2. The summed E-state index contributed by atoms with van der Waals surface area (Å²) >= 11 is 0. The van der Waals surface area contributed by atoms with Gasteiger partial charge >= 0.3 is 0 Å². The van der Waals surface area contributed by atoms with Crippen LogP contribution in [0.15, 0.2) is 57.7 Å². The van der Waals surface area contributed by atoms with Crippen LogP contribution in [0, 0.1) is 12.3 Å². The first-order valence-corrected chi connectivity index (χ1v) is 7.01. The summed E-state index contributed by atoms with van der Waals surface area (Å²) in [6.07, 6.45) is 5.25. The van der Waals surface area contributed by atoms with Crippen molar-refractivity contribution in [2.45, 2.75) is 0 Å². The highest BCUT2D eigenvalue weighted by molar-refractivity contribution is 5.82. The Morgan fingerprint density at radius 2 is 2.00 bits per heavy atom. The molecule has 0 aliphatic carbocycles. The van der Waals surface area contributed by atoms with Crippen LogP contribution < -0.4 is 14.9 Å². The number of hydrogen-bond acceptors (Lipinski definition) is 4. The fourth-order valence-electron chi connectivity index (χ4n) is 2.32. The maximum absolute atomic E-state index is 12.7. The van der Waals surface area contributed by atoms with Gasteiger partial charge in [0, 0.05) is 5.56 Å². The van der Waals surface area contributed by atoms with Gasteiger partial charge in [0.2, 0.25) is 11.2 Å². The average molecular weight is 306 g/mol. The molecule has 4 heteroatoms. The predicted molar refractivity (Wildman–Crippen MR) is 88.8 cm³/mol. The van der Waals surface area contributed by atoms with Gasteiger partial charge in [-0.3, -0.25) is 4.79 Å². The van der Waals surface area contributed by atoms with Gasteiger partial charge in [-0.25, -0.2) is 0 Å². The zero-order chi connectivity index (χ0) is 16.2. The molecule has 0 saturated heterocycles. The molecule has 1 heterocycles. The van der Waals surface area contributed by atoms with Crippen LogP contribution in [0.4, 0.5) is 0 Å². The minimum absolute atomic E-state index is 0.0138. The van der Waals surface area contributed by atoms with Crippen LogP contribution in [0.25, 0.3) is 22.3 Å². The lowest BCUT2D eigenvalue weighted by Gasteiger charge is -2.10. The molecule has 0 spiro atoms. The molecule has 3 aromatic rings. The van der Waals surface area contributed by atoms with E-state index in [0.717, 1.165) is 0 Å². The van der Waals surface area contributed by atoms with E-state index in [0.29, 0.717) is 28.0 Å². The smallest absolute Gasteiger partial charge is 0.235 e. The summed E-state index contributed by atoms with van der Waals surface area (Å²) < 4.78 is 16.6. The molecular weight excluding hydrogens is 292 g/mol. The lowest BCUT2D eigenvalue weighted by molar-refractivity contribution is 0.358. The minimum atomic E-state index is -0.250. The van der Waals surface area contributed by atoms with E-state index in [1.165, 1.54) is 0 Å². The van der Waals surface area contributed by atoms with Gasteiger partial charge in [-0.15, -0.1) is 6.42 Å². The zero-order valence-electron chi connectivity index (χ0n) is 12.5. The highest BCUT2D eigenvalue weighted by Gasteiger charge is 2.17. The molecular formula is C19H14O4. The van der Waals surface area contributed by atoms with E-state index in [2.05, 4.69) is 5.92 Å². The fraction of sp³-hybridized carbons (Fsp3) is 0.105. The van der Waals surface area contributed by atoms with Gasteiger partial charge < -0.3 is 13.9 Å². The topological polar surface area (TPSA) is 48.7 Å². The number of rotatable bonds is 4. The standard InChI is InChI=1S/C19H14O4/c1-3-11-22-19-17(20)15-9-4-5-10-16(15)23-18(19)13-7-6-8-14(12-13)21-2/h1,4-10,12H,11H2,2H3. The summed E-state index contributed by atoms with van der Waals surface area (Å²) in [4.78, 5) is 12.7. The molecule has 3 rings (SSSR count). The predicted octanol–water partition coefficient (Wildman–Crippen LogP) is 3.48. The first-order valence-electron chi connectivity index (χ1n) is 7.01. The molecule has 2 aromatic carbocycles. The molecule has 114 valence electrons. The molecule has 0 aliphatic rings. The second-order valence-corrected chi connectivity index (χ2v) is 4.81. The normalized spacial score (nSPS) is 10.3. The summed E-state index contributed by atoms with van der Waals surface area (Å²) in [6, 6.07) is 14.2. The molecule has 0 radical (unpaired) electrons. The van der Waals surface area contributed by atoms with Crippen LogP contribution in [-0.4, -0.2) is 13.7 Å². The van der Waals surface area contributed by atoms with Gasteiger partial charge in [-0.05, 0) is 24.3 Å². The van der Waals surface area contributed by atoms with Crippen molar-refractivity contribution in [1.29, 1.82) is 0 Å². The van der Waals surface area contributed by atoms with Gasteiger partial charge in [-0.1, -0.05) is 30.2 Å². The van der Waals surface area contributed by atoms with Crippen LogP contribution in [0.5, 0.6) is 11.5 Å². The summed E-state index contributed by atoms with van der Waals surface area (Å²) in [7, 11) is 1.57. The van der Waals surface area contributed by atoms with Gasteiger partial charge in [0.25, 0.3) is 0 Å². The van der Waals surface area contributed by atoms with E-state index < -0.39 is 0 Å². The molecule has 0 fully saturated rings. The number of hydrogen-bond donors (Lipinski definition) is 0. The van der Waals surface area contributed by atoms with Crippen molar-refractivity contribution in [2.24, 2.45) is 0 Å². The summed E-state index contributed by atoms with van der Waals surface area (Å²) in [5, 5.41) is 0.450. The van der Waals surface area contributed by atoms with E-state index >= 15 is 0 Å². The second-order valence-electron chi connectivity index (χ2n) is 4.81. The molecule has 23 heavy (non-hydrogen) atoms. The fourth-order valence-corrected chi connectivity index (χ4v) is 2.32. The largest absolute Gasteiger partial charge is 0.497 e. The molecule has 0 atom stereocenters. The summed E-state index contributed by atoms with van der Waals surface area (Å²) in [5.41, 5.74) is 0.919. The molecule has 4 nitrogen and oxygen atoms in total. The van der Waals surface area contributed by atoms with Crippen LogP contribution in [0.2, 0.25) is 0 Å². The number of methoxy groups -OCH3 is 1. The van der Waals surface area contributed by atoms with Crippen LogP contribution in [-0.2, 0) is 0 Å². The quantitative estimate of drug-likeness (QED) is 0.692. The SMILES string of the molecule is C#CCOc1c(-c2cccc(OC)c2)oc2ccccc2c1=O. The Hall–Kier alpha value is -3.19. The Labute approximate surface area is 133 Å². The lowest BCUT2D eigenvalue weighted by atomic mass is 10.1. The van der Waals surface area contributed by atoms with E-state index in [9.17, 15) is 4.79 Å². The van der Waals surface area contributed by atoms with Crippen molar-refractivity contribution in [3.05, 3.63) is 58.8 Å². The Balaban J connectivity index is 2.29. The third-order valence-corrected chi connectivity index (χ3v) is 3.39. The van der Waals surface area contributed by atoms with Crippen molar-refractivity contribution in [2.75, 3.05) is 13.7 Å². The van der Waals surface area contributed by atoms with E-state index in [1.54, 1.807) is 31.4 Å². The number of terminal acetylenes is 1. The van der Waals surface area contributed by atoms with Crippen LogP contribution in [0.3, 0.4) is 0 Å². The third kappa shape index (κ3) is 2.77.